The molecular formula is C19H22N2O5. The molecule has 0 saturated heterocycles. The van der Waals surface area contributed by atoms with Gasteiger partial charge in [0.05, 0.1) is 32.3 Å². The first kappa shape index (κ1) is 19.2. The lowest BCUT2D eigenvalue weighted by Crippen LogP contribution is -2.26. The van der Waals surface area contributed by atoms with Crippen molar-refractivity contribution >= 4 is 5.97 Å². The normalized spacial score (nSPS) is 16.7. The van der Waals surface area contributed by atoms with E-state index in [1.165, 1.54) is 14.2 Å². The van der Waals surface area contributed by atoms with Crippen LogP contribution in [0.25, 0.3) is 0 Å². The van der Waals surface area contributed by atoms with Gasteiger partial charge in [-0.25, -0.2) is 4.79 Å². The van der Waals surface area contributed by atoms with E-state index in [9.17, 15) is 10.1 Å². The molecule has 26 heavy (non-hydrogen) atoms. The van der Waals surface area contributed by atoms with Crippen LogP contribution in [0.15, 0.2) is 41.0 Å². The van der Waals surface area contributed by atoms with Gasteiger partial charge in [-0.05, 0) is 13.0 Å². The fourth-order valence-electron chi connectivity index (χ4n) is 2.96. The standard InChI is InChI=1S/C19H22N2O5/c1-5-13-16(19(22)25-6-2)15(12(10-20)18(21)26-13)11-8-7-9-14(23-3)17(11)24-4/h7-9,15H,5-6,21H2,1-4H3/t15-/m1/s1. The molecule has 0 saturated carbocycles. The summed E-state index contributed by atoms with van der Waals surface area (Å²) >= 11 is 0. The number of rotatable bonds is 6. The monoisotopic (exact) mass is 358 g/mol. The first-order chi connectivity index (χ1) is 12.5. The van der Waals surface area contributed by atoms with Crippen LogP contribution in [-0.2, 0) is 14.3 Å². The van der Waals surface area contributed by atoms with Crippen LogP contribution in [-0.4, -0.2) is 26.8 Å². The molecule has 1 atom stereocenters. The molecule has 0 unspecified atom stereocenters. The molecule has 0 bridgehead atoms. The third-order valence-corrected chi connectivity index (χ3v) is 4.06. The van der Waals surface area contributed by atoms with Crippen LogP contribution in [0.4, 0.5) is 0 Å². The van der Waals surface area contributed by atoms with Gasteiger partial charge < -0.3 is 24.7 Å². The largest absolute Gasteiger partial charge is 0.493 e. The number of esters is 1. The molecule has 7 heteroatoms. The van der Waals surface area contributed by atoms with Crippen LogP contribution < -0.4 is 15.2 Å². The minimum atomic E-state index is -0.771. The number of methoxy groups -OCH3 is 2. The van der Waals surface area contributed by atoms with E-state index in [0.29, 0.717) is 29.2 Å². The first-order valence-electron chi connectivity index (χ1n) is 8.22. The summed E-state index contributed by atoms with van der Waals surface area (Å²) in [6.45, 7) is 3.74. The topological polar surface area (TPSA) is 104 Å². The van der Waals surface area contributed by atoms with Crippen molar-refractivity contribution in [2.75, 3.05) is 20.8 Å². The highest BCUT2D eigenvalue weighted by Gasteiger charge is 2.39. The molecule has 7 nitrogen and oxygen atoms in total. The van der Waals surface area contributed by atoms with Crippen molar-refractivity contribution in [2.24, 2.45) is 5.73 Å². The number of hydrogen-bond acceptors (Lipinski definition) is 7. The van der Waals surface area contributed by atoms with Crippen LogP contribution in [0.2, 0.25) is 0 Å². The Morgan fingerprint density at radius 3 is 2.58 bits per heavy atom. The minimum absolute atomic E-state index is 0.0349. The molecule has 138 valence electrons. The van der Waals surface area contributed by atoms with Crippen LogP contribution in [0.1, 0.15) is 31.7 Å². The van der Waals surface area contributed by atoms with E-state index in [1.807, 2.05) is 6.92 Å². The van der Waals surface area contributed by atoms with Crippen molar-refractivity contribution in [3.63, 3.8) is 0 Å². The van der Waals surface area contributed by atoms with Crippen molar-refractivity contribution in [3.05, 3.63) is 46.6 Å². The summed E-state index contributed by atoms with van der Waals surface area (Å²) in [5, 5.41) is 9.66. The van der Waals surface area contributed by atoms with E-state index < -0.39 is 11.9 Å². The van der Waals surface area contributed by atoms with Crippen molar-refractivity contribution < 1.29 is 23.7 Å². The number of nitriles is 1. The summed E-state index contributed by atoms with van der Waals surface area (Å²) in [4.78, 5) is 12.7. The number of carbonyl (C=O) groups is 1. The minimum Gasteiger partial charge on any atom is -0.493 e. The number of hydrogen-bond donors (Lipinski definition) is 1. The SMILES string of the molecule is CCOC(=O)C1=C(CC)OC(N)=C(C#N)[C@H]1c1cccc(OC)c1OC. The predicted octanol–water partition coefficient (Wildman–Crippen LogP) is 2.74. The van der Waals surface area contributed by atoms with E-state index in [-0.39, 0.29) is 23.6 Å². The van der Waals surface area contributed by atoms with E-state index in [0.717, 1.165) is 0 Å². The van der Waals surface area contributed by atoms with Gasteiger partial charge in [0, 0.05) is 12.0 Å². The van der Waals surface area contributed by atoms with E-state index >= 15 is 0 Å². The number of nitrogens with zero attached hydrogens (tertiary/aromatic N) is 1. The van der Waals surface area contributed by atoms with Crippen LogP contribution in [0.3, 0.4) is 0 Å². The van der Waals surface area contributed by atoms with Crippen LogP contribution in [0, 0.1) is 11.3 Å². The number of para-hydroxylation sites is 1. The van der Waals surface area contributed by atoms with Crippen molar-refractivity contribution in [1.29, 1.82) is 5.26 Å². The Balaban J connectivity index is 2.78. The molecule has 1 aromatic rings. The van der Waals surface area contributed by atoms with E-state index in [1.54, 1.807) is 25.1 Å². The van der Waals surface area contributed by atoms with Gasteiger partial charge in [0.1, 0.15) is 17.4 Å². The maximum absolute atomic E-state index is 12.7. The number of benzene rings is 1. The van der Waals surface area contributed by atoms with Crippen molar-refractivity contribution in [1.82, 2.24) is 0 Å². The Morgan fingerprint density at radius 1 is 1.31 bits per heavy atom. The molecule has 2 rings (SSSR count). The third kappa shape index (κ3) is 3.31. The molecule has 2 N–H and O–H groups in total. The van der Waals surface area contributed by atoms with Gasteiger partial charge in [0.2, 0.25) is 5.88 Å². The molecule has 0 fully saturated rings. The second-order valence-electron chi connectivity index (χ2n) is 5.42. The lowest BCUT2D eigenvalue weighted by molar-refractivity contribution is -0.139. The second kappa shape index (κ2) is 8.30. The number of nitrogens with two attached hydrogens (primary N) is 1. The Bertz CT molecular complexity index is 805. The van der Waals surface area contributed by atoms with E-state index in [2.05, 4.69) is 6.07 Å². The summed E-state index contributed by atoms with van der Waals surface area (Å²) in [6, 6.07) is 7.30. The lowest BCUT2D eigenvalue weighted by Gasteiger charge is -2.29. The van der Waals surface area contributed by atoms with Crippen LogP contribution in [0.5, 0.6) is 11.5 Å². The number of ether oxygens (including phenoxy) is 4. The molecule has 0 aliphatic carbocycles. The molecule has 0 radical (unpaired) electrons. The number of allylic oxidation sites excluding steroid dienone is 2. The van der Waals surface area contributed by atoms with Gasteiger partial charge in [-0.15, -0.1) is 0 Å². The van der Waals surface area contributed by atoms with E-state index in [4.69, 9.17) is 24.7 Å². The molecular weight excluding hydrogens is 336 g/mol. The average Bonchev–Trinajstić information content (AvgIpc) is 2.66. The first-order valence-corrected chi connectivity index (χ1v) is 8.22. The zero-order valence-corrected chi connectivity index (χ0v) is 15.3. The second-order valence-corrected chi connectivity index (χ2v) is 5.42. The fraction of sp³-hybridized carbons (Fsp3) is 0.368. The summed E-state index contributed by atoms with van der Waals surface area (Å²) in [5.74, 6) is -0.0947. The zero-order chi connectivity index (χ0) is 19.3. The molecule has 1 heterocycles. The summed E-state index contributed by atoms with van der Waals surface area (Å²) in [7, 11) is 3.01. The Morgan fingerprint density at radius 2 is 2.04 bits per heavy atom. The fourth-order valence-corrected chi connectivity index (χ4v) is 2.96. The van der Waals surface area contributed by atoms with Gasteiger partial charge in [0.15, 0.2) is 11.5 Å². The smallest absolute Gasteiger partial charge is 0.338 e. The molecule has 0 spiro atoms. The van der Waals surface area contributed by atoms with Crippen molar-refractivity contribution in [3.8, 4) is 17.6 Å². The lowest BCUT2D eigenvalue weighted by atomic mass is 9.82. The summed E-state index contributed by atoms with van der Waals surface area (Å²) in [6.07, 6.45) is 0.413. The van der Waals surface area contributed by atoms with Gasteiger partial charge in [-0.3, -0.25) is 0 Å². The maximum atomic E-state index is 12.7. The molecule has 1 aliphatic rings. The number of carbonyl (C=O) groups excluding carboxylic acids is 1. The van der Waals surface area contributed by atoms with Gasteiger partial charge in [0.25, 0.3) is 0 Å². The highest BCUT2D eigenvalue weighted by molar-refractivity contribution is 5.93. The molecule has 0 aromatic heterocycles. The molecule has 0 amide bonds. The average molecular weight is 358 g/mol. The Hall–Kier alpha value is -3.14. The Kier molecular flexibility index (Phi) is 6.12. The highest BCUT2D eigenvalue weighted by Crippen LogP contribution is 2.46. The highest BCUT2D eigenvalue weighted by atomic mass is 16.5. The third-order valence-electron chi connectivity index (χ3n) is 4.06. The quantitative estimate of drug-likeness (QED) is 0.780. The van der Waals surface area contributed by atoms with Gasteiger partial charge >= 0.3 is 5.97 Å². The predicted molar refractivity (Wildman–Crippen MR) is 94.1 cm³/mol. The molecule has 1 aliphatic heterocycles. The maximum Gasteiger partial charge on any atom is 0.338 e. The zero-order valence-electron chi connectivity index (χ0n) is 15.3. The summed E-state index contributed by atoms with van der Waals surface area (Å²) < 4.78 is 21.6. The van der Waals surface area contributed by atoms with Gasteiger partial charge in [-0.1, -0.05) is 19.1 Å². The summed E-state index contributed by atoms with van der Waals surface area (Å²) in [5.41, 5.74) is 6.90. The van der Waals surface area contributed by atoms with Gasteiger partial charge in [-0.2, -0.15) is 5.26 Å². The Labute approximate surface area is 152 Å². The van der Waals surface area contributed by atoms with Crippen LogP contribution >= 0.6 is 0 Å². The molecule has 1 aromatic carbocycles. The van der Waals surface area contributed by atoms with Crippen molar-refractivity contribution in [2.45, 2.75) is 26.2 Å².